The summed E-state index contributed by atoms with van der Waals surface area (Å²) >= 11 is 0. The predicted molar refractivity (Wildman–Crippen MR) is 87.9 cm³/mol. The molecule has 3 nitrogen and oxygen atoms in total. The molecule has 146 valence electrons. The number of carbonyl (C=O) groups excluding carboxylic acids is 1. The highest BCUT2D eigenvalue weighted by Crippen LogP contribution is 2.32. The maximum absolute atomic E-state index is 13.0. The molecule has 1 N–H and O–H groups in total. The number of nitrogens with zero attached hydrogens (tertiary/aromatic N) is 1. The standard InChI is InChI=1S/C18H16F6N2O/c1-26(11-12-5-2-3-8-15(12)18(22,23)24)16(27)10-25-14-7-4-6-13(9-14)17(19,20)21/h2-9,25H,10-11H2,1H3. The molecular weight excluding hydrogens is 374 g/mol. The first-order valence-corrected chi connectivity index (χ1v) is 7.78. The van der Waals surface area contributed by atoms with Gasteiger partial charge in [0.2, 0.25) is 5.91 Å². The van der Waals surface area contributed by atoms with Crippen molar-refractivity contribution in [3.63, 3.8) is 0 Å². The van der Waals surface area contributed by atoms with Crippen molar-refractivity contribution in [2.75, 3.05) is 18.9 Å². The summed E-state index contributed by atoms with van der Waals surface area (Å²) in [5.74, 6) is -0.565. The molecule has 0 unspecified atom stereocenters. The average Bonchev–Trinajstić information content (AvgIpc) is 2.58. The zero-order valence-corrected chi connectivity index (χ0v) is 14.2. The van der Waals surface area contributed by atoms with Gasteiger partial charge in [-0.05, 0) is 29.8 Å². The van der Waals surface area contributed by atoms with Crippen LogP contribution in [0.5, 0.6) is 0 Å². The fraction of sp³-hybridized carbons (Fsp3) is 0.278. The molecule has 0 aliphatic rings. The van der Waals surface area contributed by atoms with Crippen molar-refractivity contribution in [1.29, 1.82) is 0 Å². The second-order valence-electron chi connectivity index (χ2n) is 5.84. The number of hydrogen-bond donors (Lipinski definition) is 1. The maximum Gasteiger partial charge on any atom is 0.416 e. The summed E-state index contributed by atoms with van der Waals surface area (Å²) in [5.41, 5.74) is -1.69. The molecule has 0 aliphatic heterocycles. The fourth-order valence-electron chi connectivity index (χ4n) is 2.40. The van der Waals surface area contributed by atoms with Gasteiger partial charge in [0, 0.05) is 19.3 Å². The summed E-state index contributed by atoms with van der Waals surface area (Å²) in [5, 5.41) is 2.56. The van der Waals surface area contributed by atoms with Crippen LogP contribution in [0.1, 0.15) is 16.7 Å². The number of amides is 1. The third-order valence-electron chi connectivity index (χ3n) is 3.79. The lowest BCUT2D eigenvalue weighted by Gasteiger charge is -2.21. The first-order valence-electron chi connectivity index (χ1n) is 7.78. The van der Waals surface area contributed by atoms with Gasteiger partial charge in [-0.1, -0.05) is 24.3 Å². The van der Waals surface area contributed by atoms with Gasteiger partial charge in [-0.2, -0.15) is 26.3 Å². The molecule has 2 rings (SSSR count). The van der Waals surface area contributed by atoms with Gasteiger partial charge in [0.1, 0.15) is 0 Å². The molecule has 0 aromatic heterocycles. The molecular formula is C18H16F6N2O. The van der Waals surface area contributed by atoms with E-state index in [4.69, 9.17) is 0 Å². The second-order valence-corrected chi connectivity index (χ2v) is 5.84. The van der Waals surface area contributed by atoms with E-state index in [9.17, 15) is 31.1 Å². The van der Waals surface area contributed by atoms with Crippen molar-refractivity contribution < 1.29 is 31.1 Å². The van der Waals surface area contributed by atoms with Crippen LogP contribution in [0.4, 0.5) is 32.0 Å². The Balaban J connectivity index is 2.02. The summed E-state index contributed by atoms with van der Waals surface area (Å²) in [6.07, 6.45) is -9.06. The fourth-order valence-corrected chi connectivity index (χ4v) is 2.40. The van der Waals surface area contributed by atoms with Crippen molar-refractivity contribution in [1.82, 2.24) is 4.90 Å². The molecule has 27 heavy (non-hydrogen) atoms. The van der Waals surface area contributed by atoms with E-state index in [2.05, 4.69) is 5.32 Å². The minimum atomic E-state index is -4.54. The lowest BCUT2D eigenvalue weighted by Crippen LogP contribution is -2.32. The molecule has 0 atom stereocenters. The Morgan fingerprint density at radius 1 is 0.963 bits per heavy atom. The van der Waals surface area contributed by atoms with E-state index in [1.54, 1.807) is 0 Å². The van der Waals surface area contributed by atoms with E-state index in [0.717, 1.165) is 23.1 Å². The van der Waals surface area contributed by atoms with Gasteiger partial charge in [0.15, 0.2) is 0 Å². The number of nitrogens with one attached hydrogen (secondary N) is 1. The van der Waals surface area contributed by atoms with E-state index in [-0.39, 0.29) is 24.3 Å². The van der Waals surface area contributed by atoms with E-state index in [0.29, 0.717) is 0 Å². The zero-order chi connectivity index (χ0) is 20.2. The van der Waals surface area contributed by atoms with Crippen LogP contribution in [0.2, 0.25) is 0 Å². The Bertz CT molecular complexity index is 801. The van der Waals surface area contributed by atoms with Crippen LogP contribution in [0, 0.1) is 0 Å². The van der Waals surface area contributed by atoms with Crippen molar-refractivity contribution in [3.05, 3.63) is 65.2 Å². The van der Waals surface area contributed by atoms with E-state index < -0.39 is 29.4 Å². The summed E-state index contributed by atoms with van der Waals surface area (Å²) in [6, 6.07) is 9.19. The molecule has 1 amide bonds. The Kier molecular flexibility index (Phi) is 6.02. The highest BCUT2D eigenvalue weighted by molar-refractivity contribution is 5.80. The molecule has 2 aromatic rings. The number of carbonyl (C=O) groups is 1. The van der Waals surface area contributed by atoms with E-state index >= 15 is 0 Å². The molecule has 0 aliphatic carbocycles. The Hall–Kier alpha value is -2.71. The van der Waals surface area contributed by atoms with Crippen LogP contribution in [-0.4, -0.2) is 24.4 Å². The van der Waals surface area contributed by atoms with Gasteiger partial charge in [-0.15, -0.1) is 0 Å². The minimum Gasteiger partial charge on any atom is -0.376 e. The molecule has 0 radical (unpaired) electrons. The Morgan fingerprint density at radius 3 is 2.26 bits per heavy atom. The molecule has 0 saturated carbocycles. The van der Waals surface area contributed by atoms with Crippen molar-refractivity contribution in [2.45, 2.75) is 18.9 Å². The number of alkyl halides is 6. The van der Waals surface area contributed by atoms with Crippen LogP contribution in [0.3, 0.4) is 0 Å². The number of rotatable bonds is 5. The van der Waals surface area contributed by atoms with Gasteiger partial charge in [-0.25, -0.2) is 0 Å². The summed E-state index contributed by atoms with van der Waals surface area (Å²) in [4.78, 5) is 13.2. The van der Waals surface area contributed by atoms with Gasteiger partial charge in [-0.3, -0.25) is 4.79 Å². The average molecular weight is 390 g/mol. The van der Waals surface area contributed by atoms with Crippen LogP contribution >= 0.6 is 0 Å². The third-order valence-corrected chi connectivity index (χ3v) is 3.79. The van der Waals surface area contributed by atoms with E-state index in [1.165, 1.54) is 37.4 Å². The maximum atomic E-state index is 13.0. The molecule has 0 bridgehead atoms. The third kappa shape index (κ3) is 5.63. The van der Waals surface area contributed by atoms with Crippen LogP contribution in [-0.2, 0) is 23.7 Å². The predicted octanol–water partition coefficient (Wildman–Crippen LogP) is 4.79. The van der Waals surface area contributed by atoms with Crippen molar-refractivity contribution >= 4 is 11.6 Å². The van der Waals surface area contributed by atoms with Crippen LogP contribution < -0.4 is 5.32 Å². The first-order chi connectivity index (χ1) is 12.5. The van der Waals surface area contributed by atoms with Gasteiger partial charge >= 0.3 is 12.4 Å². The zero-order valence-electron chi connectivity index (χ0n) is 14.2. The van der Waals surface area contributed by atoms with Gasteiger partial charge < -0.3 is 10.2 Å². The lowest BCUT2D eigenvalue weighted by molar-refractivity contribution is -0.139. The number of anilines is 1. The number of benzene rings is 2. The highest BCUT2D eigenvalue weighted by Gasteiger charge is 2.33. The molecule has 0 heterocycles. The monoisotopic (exact) mass is 390 g/mol. The summed E-state index contributed by atoms with van der Waals surface area (Å²) in [7, 11) is 1.32. The molecule has 2 aromatic carbocycles. The first kappa shape index (κ1) is 20.6. The lowest BCUT2D eigenvalue weighted by atomic mass is 10.1. The minimum absolute atomic E-state index is 0.0695. The Labute approximate surface area is 151 Å². The van der Waals surface area contributed by atoms with Crippen molar-refractivity contribution in [3.8, 4) is 0 Å². The SMILES string of the molecule is CN(Cc1ccccc1C(F)(F)F)C(=O)CNc1cccc(C(F)(F)F)c1. The van der Waals surface area contributed by atoms with Crippen LogP contribution in [0.15, 0.2) is 48.5 Å². The number of likely N-dealkylation sites (N-methyl/N-ethyl adjacent to an activating group) is 1. The second kappa shape index (κ2) is 7.89. The van der Waals surface area contributed by atoms with Crippen molar-refractivity contribution in [2.24, 2.45) is 0 Å². The Morgan fingerprint density at radius 2 is 1.63 bits per heavy atom. The molecule has 9 heteroatoms. The summed E-state index contributed by atoms with van der Waals surface area (Å²) in [6.45, 7) is -0.634. The largest absolute Gasteiger partial charge is 0.416 e. The molecule has 0 saturated heterocycles. The number of hydrogen-bond acceptors (Lipinski definition) is 2. The topological polar surface area (TPSA) is 32.3 Å². The van der Waals surface area contributed by atoms with E-state index in [1.807, 2.05) is 0 Å². The highest BCUT2D eigenvalue weighted by atomic mass is 19.4. The van der Waals surface area contributed by atoms with Crippen LogP contribution in [0.25, 0.3) is 0 Å². The van der Waals surface area contributed by atoms with Gasteiger partial charge in [0.05, 0.1) is 17.7 Å². The number of halogens is 6. The van der Waals surface area contributed by atoms with Gasteiger partial charge in [0.25, 0.3) is 0 Å². The normalized spacial score (nSPS) is 12.0. The molecule has 0 spiro atoms. The summed E-state index contributed by atoms with van der Waals surface area (Å²) < 4.78 is 77.0. The quantitative estimate of drug-likeness (QED) is 0.745. The smallest absolute Gasteiger partial charge is 0.376 e. The molecule has 0 fully saturated rings.